The molecule has 0 unspecified atom stereocenters. The summed E-state index contributed by atoms with van der Waals surface area (Å²) >= 11 is 3.24. The van der Waals surface area contributed by atoms with E-state index in [1.54, 1.807) is 19.2 Å². The molecule has 0 aliphatic carbocycles. The number of rotatable bonds is 6. The van der Waals surface area contributed by atoms with Gasteiger partial charge in [0.25, 0.3) is 5.91 Å². The van der Waals surface area contributed by atoms with Crippen molar-refractivity contribution in [2.45, 2.75) is 6.42 Å². The van der Waals surface area contributed by atoms with Gasteiger partial charge in [-0.15, -0.1) is 0 Å². The van der Waals surface area contributed by atoms with Gasteiger partial charge in [0.1, 0.15) is 5.75 Å². The van der Waals surface area contributed by atoms with Gasteiger partial charge >= 0.3 is 5.97 Å². The Morgan fingerprint density at radius 2 is 2.14 bits per heavy atom. The van der Waals surface area contributed by atoms with Gasteiger partial charge in [-0.3, -0.25) is 4.79 Å². The predicted molar refractivity (Wildman–Crippen MR) is 78.8 cm³/mol. The second-order valence-electron chi connectivity index (χ2n) is 4.15. The number of hydrogen-bond donors (Lipinski definition) is 0. The molecule has 0 atom stereocenters. The summed E-state index contributed by atoms with van der Waals surface area (Å²) in [5.41, 5.74) is 0.279. The van der Waals surface area contributed by atoms with Gasteiger partial charge in [-0.25, -0.2) is 4.79 Å². The summed E-state index contributed by atoms with van der Waals surface area (Å²) in [4.78, 5) is 25.0. The van der Waals surface area contributed by atoms with Gasteiger partial charge in [0, 0.05) is 18.1 Å². The van der Waals surface area contributed by atoms with Crippen LogP contribution in [0.15, 0.2) is 22.7 Å². The van der Waals surface area contributed by atoms with Crippen molar-refractivity contribution in [1.29, 1.82) is 5.26 Å². The largest absolute Gasteiger partial charge is 0.497 e. The lowest BCUT2D eigenvalue weighted by molar-refractivity contribution is -0.133. The molecule has 0 bridgehead atoms. The van der Waals surface area contributed by atoms with E-state index >= 15 is 0 Å². The second kappa shape index (κ2) is 8.27. The standard InChI is InChI=1S/C14H15BrN2O4/c1-17(7-3-6-16)13(18)9-21-14(19)11-8-10(20-2)4-5-12(11)15/h4-5,8H,3,7,9H2,1-2H3. The molecule has 0 saturated carbocycles. The molecule has 0 aliphatic rings. The Hall–Kier alpha value is -2.07. The van der Waals surface area contributed by atoms with Crippen LogP contribution < -0.4 is 4.74 Å². The molecule has 0 aromatic heterocycles. The molecule has 112 valence electrons. The van der Waals surface area contributed by atoms with Gasteiger partial charge in [0.15, 0.2) is 6.61 Å². The zero-order chi connectivity index (χ0) is 15.8. The molecule has 1 aromatic carbocycles. The SMILES string of the molecule is COc1ccc(Br)c(C(=O)OCC(=O)N(C)CCC#N)c1. The van der Waals surface area contributed by atoms with Crippen LogP contribution in [-0.2, 0) is 9.53 Å². The highest BCUT2D eigenvalue weighted by atomic mass is 79.9. The normalized spacial score (nSPS) is 9.62. The molecule has 0 spiro atoms. The number of carbonyl (C=O) groups excluding carboxylic acids is 2. The number of hydrogen-bond acceptors (Lipinski definition) is 5. The van der Waals surface area contributed by atoms with E-state index in [1.807, 2.05) is 6.07 Å². The van der Waals surface area contributed by atoms with Crippen LogP contribution >= 0.6 is 15.9 Å². The van der Waals surface area contributed by atoms with E-state index in [0.29, 0.717) is 16.8 Å². The van der Waals surface area contributed by atoms with Gasteiger partial charge in [-0.05, 0) is 34.1 Å². The van der Waals surface area contributed by atoms with Crippen LogP contribution in [-0.4, -0.2) is 44.1 Å². The fourth-order valence-corrected chi connectivity index (χ4v) is 1.85. The molecule has 0 radical (unpaired) electrons. The number of halogens is 1. The maximum atomic E-state index is 11.9. The highest BCUT2D eigenvalue weighted by molar-refractivity contribution is 9.10. The summed E-state index contributed by atoms with van der Waals surface area (Å²) in [6, 6.07) is 6.83. The number of esters is 1. The predicted octanol–water partition coefficient (Wildman–Crippen LogP) is 1.99. The van der Waals surface area contributed by atoms with Crippen molar-refractivity contribution in [3.8, 4) is 11.8 Å². The number of likely N-dealkylation sites (N-methyl/N-ethyl adjacent to an activating group) is 1. The first-order valence-corrected chi connectivity index (χ1v) is 6.90. The molecule has 0 saturated heterocycles. The number of methoxy groups -OCH3 is 1. The summed E-state index contributed by atoms with van der Waals surface area (Å²) in [5.74, 6) is -0.469. The third kappa shape index (κ3) is 5.08. The molecular formula is C14H15BrN2O4. The summed E-state index contributed by atoms with van der Waals surface area (Å²) in [6.45, 7) is -0.0693. The molecule has 7 heteroatoms. The topological polar surface area (TPSA) is 79.6 Å². The lowest BCUT2D eigenvalue weighted by Crippen LogP contribution is -2.32. The van der Waals surface area contributed by atoms with E-state index in [0.717, 1.165) is 0 Å². The third-order valence-electron chi connectivity index (χ3n) is 2.70. The number of benzene rings is 1. The molecule has 21 heavy (non-hydrogen) atoms. The van der Waals surface area contributed by atoms with Crippen molar-refractivity contribution in [3.63, 3.8) is 0 Å². The van der Waals surface area contributed by atoms with Crippen LogP contribution in [0.4, 0.5) is 0 Å². The number of ether oxygens (including phenoxy) is 2. The molecule has 6 nitrogen and oxygen atoms in total. The third-order valence-corrected chi connectivity index (χ3v) is 3.40. The first kappa shape index (κ1) is 17.0. The quantitative estimate of drug-likeness (QED) is 0.729. The van der Waals surface area contributed by atoms with E-state index in [4.69, 9.17) is 14.7 Å². The Balaban J connectivity index is 2.62. The van der Waals surface area contributed by atoms with Crippen LogP contribution in [0.1, 0.15) is 16.8 Å². The van der Waals surface area contributed by atoms with Crippen LogP contribution in [0.3, 0.4) is 0 Å². The van der Waals surface area contributed by atoms with E-state index in [9.17, 15) is 9.59 Å². The van der Waals surface area contributed by atoms with Gasteiger partial charge in [0.05, 0.1) is 25.2 Å². The van der Waals surface area contributed by atoms with Gasteiger partial charge in [-0.2, -0.15) is 5.26 Å². The van der Waals surface area contributed by atoms with Crippen LogP contribution in [0.25, 0.3) is 0 Å². The fourth-order valence-electron chi connectivity index (χ4n) is 1.45. The van der Waals surface area contributed by atoms with Crippen molar-refractivity contribution < 1.29 is 19.1 Å². The molecule has 1 rings (SSSR count). The Labute approximate surface area is 131 Å². The van der Waals surface area contributed by atoms with Crippen molar-refractivity contribution in [2.24, 2.45) is 0 Å². The lowest BCUT2D eigenvalue weighted by atomic mass is 10.2. The van der Waals surface area contributed by atoms with Gasteiger partial charge in [0.2, 0.25) is 0 Å². The van der Waals surface area contributed by atoms with Crippen molar-refractivity contribution in [3.05, 3.63) is 28.2 Å². The Kier molecular flexibility index (Phi) is 6.69. The van der Waals surface area contributed by atoms with E-state index < -0.39 is 5.97 Å². The zero-order valence-electron chi connectivity index (χ0n) is 11.8. The monoisotopic (exact) mass is 354 g/mol. The Bertz CT molecular complexity index is 569. The van der Waals surface area contributed by atoms with E-state index in [-0.39, 0.29) is 24.5 Å². The van der Waals surface area contributed by atoms with Gasteiger partial charge in [-0.1, -0.05) is 0 Å². The first-order chi connectivity index (χ1) is 9.99. The minimum atomic E-state index is -0.622. The molecule has 0 fully saturated rings. The average Bonchev–Trinajstić information content (AvgIpc) is 2.50. The zero-order valence-corrected chi connectivity index (χ0v) is 13.3. The lowest BCUT2D eigenvalue weighted by Gasteiger charge is -2.15. The highest BCUT2D eigenvalue weighted by Crippen LogP contribution is 2.23. The minimum Gasteiger partial charge on any atom is -0.497 e. The average molecular weight is 355 g/mol. The number of nitriles is 1. The first-order valence-electron chi connectivity index (χ1n) is 6.11. The minimum absolute atomic E-state index is 0.234. The molecule has 0 heterocycles. The molecule has 0 aliphatic heterocycles. The van der Waals surface area contributed by atoms with Crippen LogP contribution in [0.5, 0.6) is 5.75 Å². The van der Waals surface area contributed by atoms with E-state index in [1.165, 1.54) is 18.1 Å². The summed E-state index contributed by atoms with van der Waals surface area (Å²) in [6.07, 6.45) is 0.234. The molecule has 0 N–H and O–H groups in total. The molecular weight excluding hydrogens is 340 g/mol. The van der Waals surface area contributed by atoms with Crippen LogP contribution in [0.2, 0.25) is 0 Å². The second-order valence-corrected chi connectivity index (χ2v) is 5.00. The van der Waals surface area contributed by atoms with Gasteiger partial charge < -0.3 is 14.4 Å². The number of carbonyl (C=O) groups is 2. The van der Waals surface area contributed by atoms with Crippen molar-refractivity contribution >= 4 is 27.8 Å². The summed E-state index contributed by atoms with van der Waals surface area (Å²) < 4.78 is 10.6. The summed E-state index contributed by atoms with van der Waals surface area (Å²) in [7, 11) is 3.04. The summed E-state index contributed by atoms with van der Waals surface area (Å²) in [5, 5.41) is 8.45. The molecule has 1 amide bonds. The fraction of sp³-hybridized carbons (Fsp3) is 0.357. The Morgan fingerprint density at radius 1 is 1.43 bits per heavy atom. The highest BCUT2D eigenvalue weighted by Gasteiger charge is 2.16. The number of nitrogens with zero attached hydrogens (tertiary/aromatic N) is 2. The smallest absolute Gasteiger partial charge is 0.339 e. The number of amides is 1. The van der Waals surface area contributed by atoms with Crippen molar-refractivity contribution in [2.75, 3.05) is 27.3 Å². The maximum Gasteiger partial charge on any atom is 0.339 e. The van der Waals surface area contributed by atoms with Crippen LogP contribution in [0, 0.1) is 11.3 Å². The molecule has 1 aromatic rings. The Morgan fingerprint density at radius 3 is 2.76 bits per heavy atom. The van der Waals surface area contributed by atoms with Crippen molar-refractivity contribution in [1.82, 2.24) is 4.90 Å². The van der Waals surface area contributed by atoms with E-state index in [2.05, 4.69) is 15.9 Å². The maximum absolute atomic E-state index is 11.9.